The third-order valence-corrected chi connectivity index (χ3v) is 6.30. The molecule has 2 heterocycles. The van der Waals surface area contributed by atoms with Crippen molar-refractivity contribution in [2.75, 3.05) is 24.5 Å². The van der Waals surface area contributed by atoms with Gasteiger partial charge in [-0.3, -0.25) is 0 Å². The van der Waals surface area contributed by atoms with Crippen LogP contribution >= 0.6 is 0 Å². The molecule has 2 aliphatic rings. The number of hydrogen-bond donors (Lipinski definition) is 3. The molecule has 2 fully saturated rings. The van der Waals surface area contributed by atoms with Gasteiger partial charge in [0.25, 0.3) is 0 Å². The number of carbonyl (C=O) groups excluding carboxylic acids is 1. The fourth-order valence-electron chi connectivity index (χ4n) is 4.77. The number of aromatic nitrogens is 1. The summed E-state index contributed by atoms with van der Waals surface area (Å²) in [5.41, 5.74) is -1.39. The van der Waals surface area contributed by atoms with Gasteiger partial charge in [0.2, 0.25) is 0 Å². The number of halogens is 3. The van der Waals surface area contributed by atoms with Gasteiger partial charge >= 0.3 is 12.3 Å². The molecule has 4 atom stereocenters. The van der Waals surface area contributed by atoms with Crippen molar-refractivity contribution in [3.8, 4) is 0 Å². The van der Waals surface area contributed by atoms with E-state index in [0.717, 1.165) is 37.9 Å². The van der Waals surface area contributed by atoms with E-state index in [1.54, 1.807) is 13.8 Å². The molecule has 0 bridgehead atoms. The SMILES string of the molecule is CC(C)(C=O)CC(CN[C@H]1CC[C@@H]2CN(c3ccc(C(F)(F)F)cn3)C[C@H]21)NC(=O)O. The van der Waals surface area contributed by atoms with Crippen LogP contribution in [0.3, 0.4) is 0 Å². The van der Waals surface area contributed by atoms with Crippen LogP contribution in [-0.2, 0) is 11.0 Å². The first-order valence-corrected chi connectivity index (χ1v) is 10.5. The number of amides is 1. The molecular weight excluding hydrogens is 413 g/mol. The molecule has 3 rings (SSSR count). The number of fused-ring (bicyclic) bond motifs is 1. The van der Waals surface area contributed by atoms with Gasteiger partial charge in [-0.05, 0) is 43.2 Å². The predicted molar refractivity (Wildman–Crippen MR) is 109 cm³/mol. The van der Waals surface area contributed by atoms with E-state index < -0.39 is 29.3 Å². The summed E-state index contributed by atoms with van der Waals surface area (Å²) in [5, 5.41) is 15.1. The number of carboxylic acid groups (broad SMARTS) is 1. The molecule has 1 aromatic rings. The molecule has 7 nitrogen and oxygen atoms in total. The van der Waals surface area contributed by atoms with Gasteiger partial charge < -0.3 is 25.4 Å². The molecule has 1 aromatic heterocycles. The van der Waals surface area contributed by atoms with Crippen LogP contribution < -0.4 is 15.5 Å². The maximum atomic E-state index is 12.8. The van der Waals surface area contributed by atoms with Crippen LogP contribution in [0.5, 0.6) is 0 Å². The molecule has 1 unspecified atom stereocenters. The molecule has 1 amide bonds. The highest BCUT2D eigenvalue weighted by molar-refractivity contribution is 5.65. The number of nitrogens with zero attached hydrogens (tertiary/aromatic N) is 2. The highest BCUT2D eigenvalue weighted by atomic mass is 19.4. The first-order chi connectivity index (χ1) is 14.5. The lowest BCUT2D eigenvalue weighted by Gasteiger charge is -2.28. The minimum atomic E-state index is -4.40. The quantitative estimate of drug-likeness (QED) is 0.536. The lowest BCUT2D eigenvalue weighted by atomic mass is 9.87. The standard InChI is InChI=1S/C21H29F3N4O3/c1-20(2,12-29)7-15(27-19(30)31)9-25-17-5-3-13-10-28(11-16(13)17)18-6-4-14(8-26-18)21(22,23)24/h4,6,8,12-13,15-17,25,27H,3,5,7,9-11H2,1-2H3,(H,30,31)/t13-,15?,16-,17+/m1/s1. The number of hydrogen-bond acceptors (Lipinski definition) is 5. The number of nitrogens with one attached hydrogen (secondary N) is 2. The number of rotatable bonds is 8. The van der Waals surface area contributed by atoms with Gasteiger partial charge in [-0.1, -0.05) is 13.8 Å². The second-order valence-corrected chi connectivity index (χ2v) is 9.28. The lowest BCUT2D eigenvalue weighted by Crippen LogP contribution is -2.48. The van der Waals surface area contributed by atoms with Crippen molar-refractivity contribution in [2.45, 2.75) is 51.4 Å². The van der Waals surface area contributed by atoms with Crippen LogP contribution in [0.1, 0.15) is 38.7 Å². The van der Waals surface area contributed by atoms with Gasteiger partial charge in [0, 0.05) is 43.3 Å². The lowest BCUT2D eigenvalue weighted by molar-refractivity contribution is -0.137. The zero-order valence-corrected chi connectivity index (χ0v) is 17.7. The third-order valence-electron chi connectivity index (χ3n) is 6.30. The molecule has 0 radical (unpaired) electrons. The topological polar surface area (TPSA) is 94.6 Å². The first kappa shape index (κ1) is 23.3. The van der Waals surface area contributed by atoms with Crippen LogP contribution in [-0.4, -0.2) is 54.2 Å². The summed E-state index contributed by atoms with van der Waals surface area (Å²) in [5.74, 6) is 1.27. The van der Waals surface area contributed by atoms with Crippen LogP contribution in [0.4, 0.5) is 23.8 Å². The number of alkyl halides is 3. The Morgan fingerprint density at radius 1 is 1.32 bits per heavy atom. The molecule has 1 saturated carbocycles. The smallest absolute Gasteiger partial charge is 0.417 e. The Morgan fingerprint density at radius 2 is 2.06 bits per heavy atom. The number of pyridine rings is 1. The molecule has 172 valence electrons. The summed E-state index contributed by atoms with van der Waals surface area (Å²) in [4.78, 5) is 28.4. The van der Waals surface area contributed by atoms with Crippen molar-refractivity contribution in [1.82, 2.24) is 15.6 Å². The molecule has 1 aliphatic carbocycles. The van der Waals surface area contributed by atoms with E-state index in [2.05, 4.69) is 15.6 Å². The maximum absolute atomic E-state index is 12.8. The minimum Gasteiger partial charge on any atom is -0.465 e. The molecule has 10 heteroatoms. The summed E-state index contributed by atoms with van der Waals surface area (Å²) in [7, 11) is 0. The van der Waals surface area contributed by atoms with E-state index in [1.807, 2.05) is 4.90 Å². The van der Waals surface area contributed by atoms with Gasteiger partial charge in [0.05, 0.1) is 5.56 Å². The first-order valence-electron chi connectivity index (χ1n) is 10.5. The van der Waals surface area contributed by atoms with Gasteiger partial charge in [-0.2, -0.15) is 13.2 Å². The zero-order valence-electron chi connectivity index (χ0n) is 17.7. The van der Waals surface area contributed by atoms with Crippen molar-refractivity contribution in [3.05, 3.63) is 23.9 Å². The Labute approximate surface area is 179 Å². The van der Waals surface area contributed by atoms with E-state index in [4.69, 9.17) is 5.11 Å². The van der Waals surface area contributed by atoms with Gasteiger partial charge in [-0.15, -0.1) is 0 Å². The summed E-state index contributed by atoms with van der Waals surface area (Å²) in [6.07, 6.45) is -1.48. The Hall–Kier alpha value is -2.36. The van der Waals surface area contributed by atoms with Crippen molar-refractivity contribution >= 4 is 18.2 Å². The number of aldehydes is 1. The fourth-order valence-corrected chi connectivity index (χ4v) is 4.77. The molecule has 3 N–H and O–H groups in total. The normalized spacial score (nSPS) is 24.7. The van der Waals surface area contributed by atoms with Crippen molar-refractivity contribution < 1.29 is 27.9 Å². The van der Waals surface area contributed by atoms with E-state index in [1.165, 1.54) is 6.07 Å². The summed E-state index contributed by atoms with van der Waals surface area (Å²) in [6, 6.07) is 2.26. The van der Waals surface area contributed by atoms with Crippen LogP contribution in [0.25, 0.3) is 0 Å². The second-order valence-electron chi connectivity index (χ2n) is 9.28. The average molecular weight is 442 g/mol. The monoisotopic (exact) mass is 442 g/mol. The van der Waals surface area contributed by atoms with Crippen molar-refractivity contribution in [1.29, 1.82) is 0 Å². The molecular formula is C21H29F3N4O3. The second kappa shape index (κ2) is 9.02. The molecule has 31 heavy (non-hydrogen) atoms. The van der Waals surface area contributed by atoms with E-state index in [0.29, 0.717) is 37.2 Å². The number of anilines is 1. The van der Waals surface area contributed by atoms with Gasteiger partial charge in [0.15, 0.2) is 0 Å². The fraction of sp³-hybridized carbons (Fsp3) is 0.667. The Bertz CT molecular complexity index is 785. The molecule has 0 aromatic carbocycles. The van der Waals surface area contributed by atoms with Gasteiger partial charge in [0.1, 0.15) is 12.1 Å². The maximum Gasteiger partial charge on any atom is 0.417 e. The third kappa shape index (κ3) is 5.87. The highest BCUT2D eigenvalue weighted by Crippen LogP contribution is 2.40. The van der Waals surface area contributed by atoms with Gasteiger partial charge in [-0.25, -0.2) is 9.78 Å². The van der Waals surface area contributed by atoms with Crippen LogP contribution in [0, 0.1) is 17.3 Å². The average Bonchev–Trinajstić information content (AvgIpc) is 3.26. The Morgan fingerprint density at radius 3 is 2.65 bits per heavy atom. The Balaban J connectivity index is 1.59. The van der Waals surface area contributed by atoms with Crippen LogP contribution in [0.2, 0.25) is 0 Å². The Kier molecular flexibility index (Phi) is 6.78. The summed E-state index contributed by atoms with van der Waals surface area (Å²) >= 11 is 0. The summed E-state index contributed by atoms with van der Waals surface area (Å²) in [6.45, 7) is 5.39. The molecule has 0 spiro atoms. The zero-order chi connectivity index (χ0) is 22.8. The van der Waals surface area contributed by atoms with E-state index >= 15 is 0 Å². The molecule has 1 saturated heterocycles. The minimum absolute atomic E-state index is 0.182. The van der Waals surface area contributed by atoms with Crippen molar-refractivity contribution in [2.24, 2.45) is 17.3 Å². The summed E-state index contributed by atoms with van der Waals surface area (Å²) < 4.78 is 38.3. The van der Waals surface area contributed by atoms with Crippen LogP contribution in [0.15, 0.2) is 18.3 Å². The van der Waals surface area contributed by atoms with Crippen molar-refractivity contribution in [3.63, 3.8) is 0 Å². The predicted octanol–water partition coefficient (Wildman–Crippen LogP) is 3.16. The molecule has 1 aliphatic heterocycles. The largest absolute Gasteiger partial charge is 0.465 e. The van der Waals surface area contributed by atoms with E-state index in [9.17, 15) is 22.8 Å². The highest BCUT2D eigenvalue weighted by Gasteiger charge is 2.43. The number of carbonyl (C=O) groups is 2. The van der Waals surface area contributed by atoms with E-state index in [-0.39, 0.29) is 6.04 Å².